The maximum atomic E-state index is 11.7. The summed E-state index contributed by atoms with van der Waals surface area (Å²) < 4.78 is 6.85. The molecule has 0 aliphatic carbocycles. The summed E-state index contributed by atoms with van der Waals surface area (Å²) in [5, 5.41) is 8.17. The number of aryl methyl sites for hydroxylation is 1. The molecule has 3 rings (SSSR count). The largest absolute Gasteiger partial charge is 0.469 e. The molecule has 1 N–H and O–H groups in total. The molecule has 150 valence electrons. The van der Waals surface area contributed by atoms with Crippen LogP contribution in [0.25, 0.3) is 5.69 Å². The fraction of sp³-hybridized carbons (Fsp3) is 0.476. The summed E-state index contributed by atoms with van der Waals surface area (Å²) in [6.45, 7) is 6.37. The Morgan fingerprint density at radius 1 is 1.25 bits per heavy atom. The van der Waals surface area contributed by atoms with Crippen LogP contribution >= 0.6 is 0 Å². The molecule has 2 aromatic rings. The standard InChI is InChI=1S/C21H29N5O2/c1-15-19(16(2)26(24-15)18-8-6-5-7-9-18)14-23-21(22-3)25-12-10-17(11-13-25)20(27)28-4/h5-9,17H,10-14H2,1-4H3,(H,22,23). The number of esters is 1. The molecule has 7 nitrogen and oxygen atoms in total. The lowest BCUT2D eigenvalue weighted by Gasteiger charge is -2.33. The molecule has 1 aliphatic rings. The number of piperidine rings is 1. The fourth-order valence-corrected chi connectivity index (χ4v) is 3.74. The highest BCUT2D eigenvalue weighted by molar-refractivity contribution is 5.80. The number of para-hydroxylation sites is 1. The molecule has 1 aromatic carbocycles. The van der Waals surface area contributed by atoms with E-state index in [4.69, 9.17) is 9.84 Å². The Morgan fingerprint density at radius 2 is 1.93 bits per heavy atom. The summed E-state index contributed by atoms with van der Waals surface area (Å²) >= 11 is 0. The van der Waals surface area contributed by atoms with Crippen LogP contribution in [0.3, 0.4) is 0 Å². The number of guanidine groups is 1. The second kappa shape index (κ2) is 8.91. The quantitative estimate of drug-likeness (QED) is 0.499. The van der Waals surface area contributed by atoms with Crippen molar-refractivity contribution in [3.8, 4) is 5.69 Å². The van der Waals surface area contributed by atoms with E-state index in [0.29, 0.717) is 6.54 Å². The lowest BCUT2D eigenvalue weighted by atomic mass is 9.97. The van der Waals surface area contributed by atoms with Crippen LogP contribution in [0.5, 0.6) is 0 Å². The van der Waals surface area contributed by atoms with Gasteiger partial charge in [-0.05, 0) is 38.8 Å². The minimum atomic E-state index is -0.109. The number of carbonyl (C=O) groups is 1. The van der Waals surface area contributed by atoms with Gasteiger partial charge in [-0.2, -0.15) is 5.10 Å². The molecule has 1 fully saturated rings. The number of likely N-dealkylation sites (tertiary alicyclic amines) is 1. The molecule has 2 heterocycles. The van der Waals surface area contributed by atoms with Crippen LogP contribution in [-0.4, -0.2) is 53.9 Å². The predicted octanol–water partition coefficient (Wildman–Crippen LogP) is 2.45. The van der Waals surface area contributed by atoms with Crippen molar-refractivity contribution >= 4 is 11.9 Å². The number of hydrogen-bond acceptors (Lipinski definition) is 4. The number of aromatic nitrogens is 2. The van der Waals surface area contributed by atoms with E-state index in [1.54, 1.807) is 7.05 Å². The normalized spacial score (nSPS) is 15.6. The van der Waals surface area contributed by atoms with E-state index in [1.807, 2.05) is 29.8 Å². The van der Waals surface area contributed by atoms with Crippen molar-refractivity contribution in [2.24, 2.45) is 10.9 Å². The van der Waals surface area contributed by atoms with E-state index in [2.05, 4.69) is 34.3 Å². The molecule has 1 aromatic heterocycles. The Balaban J connectivity index is 1.65. The third kappa shape index (κ3) is 4.18. The van der Waals surface area contributed by atoms with Gasteiger partial charge in [-0.1, -0.05) is 18.2 Å². The highest BCUT2D eigenvalue weighted by Crippen LogP contribution is 2.20. The second-order valence-corrected chi connectivity index (χ2v) is 7.08. The Hall–Kier alpha value is -2.83. The van der Waals surface area contributed by atoms with Gasteiger partial charge in [0.1, 0.15) is 0 Å². The lowest BCUT2D eigenvalue weighted by Crippen LogP contribution is -2.46. The maximum absolute atomic E-state index is 11.7. The van der Waals surface area contributed by atoms with Crippen LogP contribution in [0.2, 0.25) is 0 Å². The molecule has 0 saturated carbocycles. The Labute approximate surface area is 166 Å². The molecule has 0 unspecified atom stereocenters. The highest BCUT2D eigenvalue weighted by atomic mass is 16.5. The van der Waals surface area contributed by atoms with Crippen molar-refractivity contribution in [1.29, 1.82) is 0 Å². The van der Waals surface area contributed by atoms with E-state index in [-0.39, 0.29) is 11.9 Å². The van der Waals surface area contributed by atoms with Crippen LogP contribution in [0.15, 0.2) is 35.3 Å². The second-order valence-electron chi connectivity index (χ2n) is 7.08. The lowest BCUT2D eigenvalue weighted by molar-refractivity contribution is -0.146. The Bertz CT molecular complexity index is 836. The molecule has 1 saturated heterocycles. The first-order valence-electron chi connectivity index (χ1n) is 9.69. The van der Waals surface area contributed by atoms with Gasteiger partial charge in [0.05, 0.1) is 24.4 Å². The molecule has 0 spiro atoms. The van der Waals surface area contributed by atoms with Crippen molar-refractivity contribution in [1.82, 2.24) is 20.0 Å². The average Bonchev–Trinajstić information content (AvgIpc) is 3.03. The van der Waals surface area contributed by atoms with E-state index in [9.17, 15) is 4.79 Å². The number of ether oxygens (including phenoxy) is 1. The summed E-state index contributed by atoms with van der Waals surface area (Å²) in [5.74, 6) is 0.740. The van der Waals surface area contributed by atoms with Crippen LogP contribution < -0.4 is 5.32 Å². The molecule has 0 atom stereocenters. The van der Waals surface area contributed by atoms with E-state index < -0.39 is 0 Å². The molecule has 0 radical (unpaired) electrons. The number of nitrogens with one attached hydrogen (secondary N) is 1. The van der Waals surface area contributed by atoms with Gasteiger partial charge in [0.25, 0.3) is 0 Å². The number of methoxy groups -OCH3 is 1. The number of aliphatic imine (C=N–C) groups is 1. The third-order valence-corrected chi connectivity index (χ3v) is 5.41. The Kier molecular flexibility index (Phi) is 6.34. The van der Waals surface area contributed by atoms with Crippen LogP contribution in [0.1, 0.15) is 29.8 Å². The molecular weight excluding hydrogens is 354 g/mol. The first kappa shape index (κ1) is 19.9. The minimum Gasteiger partial charge on any atom is -0.469 e. The minimum absolute atomic E-state index is 0.00653. The van der Waals surface area contributed by atoms with Crippen molar-refractivity contribution in [2.75, 3.05) is 27.2 Å². The molecule has 0 bridgehead atoms. The van der Waals surface area contributed by atoms with Gasteiger partial charge >= 0.3 is 5.97 Å². The van der Waals surface area contributed by atoms with Gasteiger partial charge in [-0.3, -0.25) is 9.79 Å². The number of benzene rings is 1. The van der Waals surface area contributed by atoms with Crippen molar-refractivity contribution in [3.63, 3.8) is 0 Å². The van der Waals surface area contributed by atoms with Gasteiger partial charge < -0.3 is 15.0 Å². The zero-order chi connectivity index (χ0) is 20.1. The predicted molar refractivity (Wildman–Crippen MR) is 110 cm³/mol. The fourth-order valence-electron chi connectivity index (χ4n) is 3.74. The number of rotatable bonds is 4. The smallest absolute Gasteiger partial charge is 0.308 e. The molecule has 7 heteroatoms. The summed E-state index contributed by atoms with van der Waals surface area (Å²) in [6.07, 6.45) is 1.58. The third-order valence-electron chi connectivity index (χ3n) is 5.41. The molecule has 1 aliphatic heterocycles. The number of nitrogens with zero attached hydrogens (tertiary/aromatic N) is 4. The van der Waals surface area contributed by atoms with Crippen molar-refractivity contribution in [3.05, 3.63) is 47.3 Å². The van der Waals surface area contributed by atoms with Gasteiger partial charge in [-0.25, -0.2) is 4.68 Å². The Morgan fingerprint density at radius 3 is 2.54 bits per heavy atom. The van der Waals surface area contributed by atoms with Crippen molar-refractivity contribution in [2.45, 2.75) is 33.2 Å². The van der Waals surface area contributed by atoms with Crippen LogP contribution in [0, 0.1) is 19.8 Å². The summed E-state index contributed by atoms with van der Waals surface area (Å²) in [7, 11) is 3.25. The summed E-state index contributed by atoms with van der Waals surface area (Å²) in [4.78, 5) is 18.4. The first-order chi connectivity index (χ1) is 13.5. The maximum Gasteiger partial charge on any atom is 0.308 e. The van der Waals surface area contributed by atoms with Gasteiger partial charge in [0, 0.05) is 37.9 Å². The highest BCUT2D eigenvalue weighted by Gasteiger charge is 2.27. The van der Waals surface area contributed by atoms with Gasteiger partial charge in [0.2, 0.25) is 0 Å². The van der Waals surface area contributed by atoms with E-state index in [1.165, 1.54) is 12.7 Å². The number of hydrogen-bond donors (Lipinski definition) is 1. The zero-order valence-electron chi connectivity index (χ0n) is 17.1. The van der Waals surface area contributed by atoms with E-state index in [0.717, 1.165) is 49.0 Å². The van der Waals surface area contributed by atoms with Crippen LogP contribution in [0.4, 0.5) is 0 Å². The zero-order valence-corrected chi connectivity index (χ0v) is 17.1. The SMILES string of the molecule is CN=C(NCc1c(C)nn(-c2ccccc2)c1C)N1CCC(C(=O)OC)CC1. The molecule has 28 heavy (non-hydrogen) atoms. The average molecular weight is 383 g/mol. The van der Waals surface area contributed by atoms with E-state index >= 15 is 0 Å². The first-order valence-corrected chi connectivity index (χ1v) is 9.69. The monoisotopic (exact) mass is 383 g/mol. The van der Waals surface area contributed by atoms with Gasteiger partial charge in [0.15, 0.2) is 5.96 Å². The van der Waals surface area contributed by atoms with Crippen LogP contribution in [-0.2, 0) is 16.1 Å². The van der Waals surface area contributed by atoms with Crippen molar-refractivity contribution < 1.29 is 9.53 Å². The molecular formula is C21H29N5O2. The summed E-state index contributed by atoms with van der Waals surface area (Å²) in [6, 6.07) is 10.2. The summed E-state index contributed by atoms with van der Waals surface area (Å²) in [5.41, 5.74) is 4.36. The number of carbonyl (C=O) groups excluding carboxylic acids is 1. The molecule has 0 amide bonds. The van der Waals surface area contributed by atoms with Gasteiger partial charge in [-0.15, -0.1) is 0 Å². The topological polar surface area (TPSA) is 71.8 Å².